The third kappa shape index (κ3) is 4.08. The first-order chi connectivity index (χ1) is 6.64. The number of aryl methyl sites for hydroxylation is 1. The van der Waals surface area contributed by atoms with E-state index in [9.17, 15) is 4.57 Å². The minimum Gasteiger partial charge on any atom is -0.329 e. The van der Waals surface area contributed by atoms with E-state index in [0.29, 0.717) is 12.8 Å². The Labute approximate surface area is 85.7 Å². The monoisotopic (exact) mass is 212 g/mol. The highest BCUT2D eigenvalue weighted by Gasteiger charge is 2.14. The van der Waals surface area contributed by atoms with Crippen molar-refractivity contribution < 1.29 is 9.09 Å². The van der Waals surface area contributed by atoms with Crippen LogP contribution in [0.5, 0.6) is 0 Å². The molecule has 0 spiro atoms. The molecular weight excluding hydrogens is 195 g/mol. The highest BCUT2D eigenvalue weighted by atomic mass is 31.2. The van der Waals surface area contributed by atoms with E-state index in [1.54, 1.807) is 6.66 Å². The number of rotatable bonds is 5. The van der Waals surface area contributed by atoms with Gasteiger partial charge in [0.15, 0.2) is 0 Å². The van der Waals surface area contributed by atoms with Gasteiger partial charge < -0.3 is 4.52 Å². The molecule has 1 atom stereocenters. The number of benzene rings is 1. The van der Waals surface area contributed by atoms with Crippen molar-refractivity contribution in [2.24, 2.45) is 0 Å². The molecule has 0 heterocycles. The molecule has 0 radical (unpaired) electrons. The van der Waals surface area contributed by atoms with E-state index in [-0.39, 0.29) is 0 Å². The van der Waals surface area contributed by atoms with Crippen LogP contribution < -0.4 is 0 Å². The predicted octanol–water partition coefficient (Wildman–Crippen LogP) is 3.17. The molecule has 1 rings (SSSR count). The molecule has 0 aromatic heterocycles. The number of hydrogen-bond donors (Lipinski definition) is 0. The Morgan fingerprint density at radius 3 is 2.50 bits per heavy atom. The maximum Gasteiger partial charge on any atom is 0.200 e. The Balaban J connectivity index is 2.45. The summed E-state index contributed by atoms with van der Waals surface area (Å²) < 4.78 is 17.0. The van der Waals surface area contributed by atoms with Crippen LogP contribution in [-0.2, 0) is 15.5 Å². The van der Waals surface area contributed by atoms with Gasteiger partial charge >= 0.3 is 0 Å². The second kappa shape index (κ2) is 5.33. The van der Waals surface area contributed by atoms with Crippen molar-refractivity contribution in [2.45, 2.75) is 13.3 Å². The van der Waals surface area contributed by atoms with Crippen LogP contribution in [0.1, 0.15) is 12.5 Å². The van der Waals surface area contributed by atoms with Crippen LogP contribution in [0, 0.1) is 0 Å². The zero-order chi connectivity index (χ0) is 10.4. The summed E-state index contributed by atoms with van der Waals surface area (Å²) in [6.07, 6.45) is 1.46. The average Bonchev–Trinajstić information content (AvgIpc) is 2.17. The molecule has 0 saturated carbocycles. The fourth-order valence-electron chi connectivity index (χ4n) is 1.31. The van der Waals surface area contributed by atoms with Crippen molar-refractivity contribution >= 4 is 7.37 Å². The molecule has 0 bridgehead atoms. The minimum absolute atomic E-state index is 0.530. The zero-order valence-electron chi connectivity index (χ0n) is 8.77. The molecule has 0 amide bonds. The van der Waals surface area contributed by atoms with Crippen molar-refractivity contribution in [1.29, 1.82) is 0 Å². The van der Waals surface area contributed by atoms with E-state index in [1.165, 1.54) is 5.56 Å². The summed E-state index contributed by atoms with van der Waals surface area (Å²) in [5, 5.41) is 0. The quantitative estimate of drug-likeness (QED) is 0.701. The predicted molar refractivity (Wildman–Crippen MR) is 60.2 cm³/mol. The molecule has 0 aliphatic heterocycles. The molecule has 0 N–H and O–H groups in total. The van der Waals surface area contributed by atoms with Gasteiger partial charge in [-0.1, -0.05) is 30.3 Å². The van der Waals surface area contributed by atoms with Crippen LogP contribution in [0.3, 0.4) is 0 Å². The molecule has 14 heavy (non-hydrogen) atoms. The minimum atomic E-state index is -2.36. The molecule has 1 unspecified atom stereocenters. The van der Waals surface area contributed by atoms with Gasteiger partial charge in [-0.05, 0) is 18.9 Å². The smallest absolute Gasteiger partial charge is 0.200 e. The molecule has 0 saturated heterocycles. The van der Waals surface area contributed by atoms with Gasteiger partial charge in [-0.2, -0.15) is 0 Å². The summed E-state index contributed by atoms with van der Waals surface area (Å²) in [5.41, 5.74) is 1.22. The van der Waals surface area contributed by atoms with E-state index in [4.69, 9.17) is 4.52 Å². The largest absolute Gasteiger partial charge is 0.329 e. The second-order valence-corrected chi connectivity index (χ2v) is 6.12. The summed E-state index contributed by atoms with van der Waals surface area (Å²) in [5.74, 6) is 0. The zero-order valence-corrected chi connectivity index (χ0v) is 9.67. The van der Waals surface area contributed by atoms with Gasteiger partial charge in [-0.15, -0.1) is 0 Å². The fraction of sp³-hybridized carbons (Fsp3) is 0.455. The van der Waals surface area contributed by atoms with Crippen molar-refractivity contribution in [3.8, 4) is 0 Å². The molecule has 0 aliphatic carbocycles. The van der Waals surface area contributed by atoms with Crippen molar-refractivity contribution in [2.75, 3.05) is 19.4 Å². The Kier molecular flexibility index (Phi) is 4.37. The third-order valence-corrected chi connectivity index (χ3v) is 3.89. The highest BCUT2D eigenvalue weighted by molar-refractivity contribution is 7.58. The lowest BCUT2D eigenvalue weighted by Crippen LogP contribution is -1.97. The maximum absolute atomic E-state index is 11.8. The van der Waals surface area contributed by atoms with Gasteiger partial charge in [-0.25, -0.2) is 0 Å². The SMILES string of the molecule is CCOP(C)(=O)CCc1ccccc1. The topological polar surface area (TPSA) is 26.3 Å². The van der Waals surface area contributed by atoms with Crippen LogP contribution in [0.25, 0.3) is 0 Å². The summed E-state index contributed by atoms with van der Waals surface area (Å²) in [7, 11) is -2.36. The normalized spacial score (nSPS) is 15.0. The average molecular weight is 212 g/mol. The lowest BCUT2D eigenvalue weighted by atomic mass is 10.2. The van der Waals surface area contributed by atoms with E-state index >= 15 is 0 Å². The van der Waals surface area contributed by atoms with E-state index in [1.807, 2.05) is 37.3 Å². The van der Waals surface area contributed by atoms with Gasteiger partial charge in [0.25, 0.3) is 0 Å². The summed E-state index contributed by atoms with van der Waals surface area (Å²) >= 11 is 0. The molecule has 78 valence electrons. The summed E-state index contributed by atoms with van der Waals surface area (Å²) in [6.45, 7) is 4.11. The second-order valence-electron chi connectivity index (χ2n) is 3.39. The van der Waals surface area contributed by atoms with Crippen LogP contribution in [0.2, 0.25) is 0 Å². The van der Waals surface area contributed by atoms with Crippen molar-refractivity contribution in [1.82, 2.24) is 0 Å². The molecule has 0 fully saturated rings. The van der Waals surface area contributed by atoms with Gasteiger partial charge in [0.1, 0.15) is 0 Å². The molecular formula is C11H17O2P. The first-order valence-electron chi connectivity index (χ1n) is 4.89. The molecule has 2 nitrogen and oxygen atoms in total. The van der Waals surface area contributed by atoms with Crippen LogP contribution in [0.15, 0.2) is 30.3 Å². The van der Waals surface area contributed by atoms with Crippen LogP contribution in [0.4, 0.5) is 0 Å². The van der Waals surface area contributed by atoms with Gasteiger partial charge in [0.05, 0.1) is 6.61 Å². The van der Waals surface area contributed by atoms with Crippen LogP contribution in [-0.4, -0.2) is 19.4 Å². The number of hydrogen-bond acceptors (Lipinski definition) is 2. The van der Waals surface area contributed by atoms with Crippen molar-refractivity contribution in [3.05, 3.63) is 35.9 Å². The van der Waals surface area contributed by atoms with E-state index < -0.39 is 7.37 Å². The van der Waals surface area contributed by atoms with Gasteiger partial charge in [0.2, 0.25) is 7.37 Å². The molecule has 3 heteroatoms. The van der Waals surface area contributed by atoms with Crippen molar-refractivity contribution in [3.63, 3.8) is 0 Å². The first kappa shape index (κ1) is 11.5. The molecule has 1 aromatic rings. The highest BCUT2D eigenvalue weighted by Crippen LogP contribution is 2.42. The Bertz CT molecular complexity index is 308. The Morgan fingerprint density at radius 2 is 1.93 bits per heavy atom. The first-order valence-corrected chi connectivity index (χ1v) is 7.15. The van der Waals surface area contributed by atoms with E-state index in [0.717, 1.165) is 6.42 Å². The lowest BCUT2D eigenvalue weighted by Gasteiger charge is -2.11. The molecule has 1 aromatic carbocycles. The van der Waals surface area contributed by atoms with E-state index in [2.05, 4.69) is 0 Å². The summed E-state index contributed by atoms with van der Waals surface area (Å²) in [4.78, 5) is 0. The Hall–Kier alpha value is -0.590. The Morgan fingerprint density at radius 1 is 1.29 bits per heavy atom. The fourth-order valence-corrected chi connectivity index (χ4v) is 2.65. The molecule has 0 aliphatic rings. The lowest BCUT2D eigenvalue weighted by molar-refractivity contribution is 0.337. The maximum atomic E-state index is 11.8. The third-order valence-electron chi connectivity index (χ3n) is 2.05. The standard InChI is InChI=1S/C11H17O2P/c1-3-13-14(2,12)10-9-11-7-5-4-6-8-11/h4-8H,3,9-10H2,1-2H3. The van der Waals surface area contributed by atoms with Gasteiger partial charge in [0, 0.05) is 12.8 Å². The van der Waals surface area contributed by atoms with Gasteiger partial charge in [-0.3, -0.25) is 4.57 Å². The van der Waals surface area contributed by atoms with Crippen LogP contribution >= 0.6 is 7.37 Å². The summed E-state index contributed by atoms with van der Waals surface area (Å²) in [6, 6.07) is 10.1.